The van der Waals surface area contributed by atoms with Crippen molar-refractivity contribution >= 4 is 5.78 Å². The highest BCUT2D eigenvalue weighted by Gasteiger charge is 2.29. The number of benzene rings is 2. The van der Waals surface area contributed by atoms with Crippen LogP contribution < -0.4 is 5.56 Å². The summed E-state index contributed by atoms with van der Waals surface area (Å²) in [6.45, 7) is 6.30. The Morgan fingerprint density at radius 3 is 2.62 bits per heavy atom. The van der Waals surface area contributed by atoms with E-state index in [-0.39, 0.29) is 17.8 Å². The summed E-state index contributed by atoms with van der Waals surface area (Å²) in [5.41, 5.74) is 6.62. The molecule has 0 unspecified atom stereocenters. The number of hydrogen-bond donors (Lipinski definition) is 0. The molecular weight excluding hydrogens is 426 g/mol. The van der Waals surface area contributed by atoms with Gasteiger partial charge in [-0.25, -0.2) is 4.68 Å². The van der Waals surface area contributed by atoms with Gasteiger partial charge in [0.2, 0.25) is 0 Å². The second-order valence-electron chi connectivity index (χ2n) is 9.57. The quantitative estimate of drug-likeness (QED) is 0.389. The van der Waals surface area contributed by atoms with Gasteiger partial charge in [-0.3, -0.25) is 14.3 Å². The Morgan fingerprint density at radius 2 is 1.88 bits per heavy atom. The van der Waals surface area contributed by atoms with Crippen LogP contribution in [0.15, 0.2) is 57.8 Å². The lowest BCUT2D eigenvalue weighted by atomic mass is 9.86. The second kappa shape index (κ2) is 8.60. The van der Waals surface area contributed by atoms with E-state index >= 15 is 0 Å². The van der Waals surface area contributed by atoms with E-state index in [0.29, 0.717) is 29.4 Å². The zero-order valence-corrected chi connectivity index (χ0v) is 20.1. The van der Waals surface area contributed by atoms with Crippen LogP contribution in [-0.2, 0) is 32.7 Å². The van der Waals surface area contributed by atoms with E-state index < -0.39 is 0 Å². The molecule has 0 bridgehead atoms. The molecule has 6 nitrogen and oxygen atoms in total. The van der Waals surface area contributed by atoms with E-state index in [0.717, 1.165) is 35.3 Å². The summed E-state index contributed by atoms with van der Waals surface area (Å²) in [7, 11) is 1.83. The number of carbonyl (C=O) groups excluding carboxylic acids is 1. The van der Waals surface area contributed by atoms with Gasteiger partial charge >= 0.3 is 0 Å². The number of Topliss-reactive ketones (excluding diaryl/α,β-unsaturated/α-hetero) is 1. The maximum atomic E-state index is 13.3. The molecule has 0 fully saturated rings. The lowest BCUT2D eigenvalue weighted by Gasteiger charge is -2.16. The summed E-state index contributed by atoms with van der Waals surface area (Å²) >= 11 is 0. The number of hydrogen-bond acceptors (Lipinski definition) is 4. The number of para-hydroxylation sites is 1. The number of aryl methyl sites for hydroxylation is 1. The third-order valence-corrected chi connectivity index (χ3v) is 6.77. The molecule has 0 aliphatic heterocycles. The minimum atomic E-state index is -0.184. The standard InChI is InChI=1S/C28H29N3O3/c1-17(2)14-19-10-12-22-20(15-19)11-13-23-26(29-34-27(22)23)25(32)16-24-18(3)30(4)31(28(24)33)21-8-6-5-7-9-21/h5-10,12,15,17H,11,13-14,16H2,1-4H3. The number of nitrogens with zero attached hydrogens (tertiary/aromatic N) is 3. The average molecular weight is 456 g/mol. The Labute approximate surface area is 198 Å². The molecule has 6 heteroatoms. The van der Waals surface area contributed by atoms with E-state index in [1.807, 2.05) is 44.3 Å². The highest BCUT2D eigenvalue weighted by molar-refractivity contribution is 5.98. The van der Waals surface area contributed by atoms with Gasteiger partial charge in [0, 0.05) is 35.9 Å². The molecule has 1 aliphatic carbocycles. The second-order valence-corrected chi connectivity index (χ2v) is 9.57. The lowest BCUT2D eigenvalue weighted by Crippen LogP contribution is -2.22. The molecule has 34 heavy (non-hydrogen) atoms. The molecule has 2 aromatic carbocycles. The molecule has 0 saturated carbocycles. The van der Waals surface area contributed by atoms with Crippen LogP contribution in [0.4, 0.5) is 0 Å². The predicted octanol–water partition coefficient (Wildman–Crippen LogP) is 4.86. The minimum absolute atomic E-state index is 0.00248. The van der Waals surface area contributed by atoms with Crippen molar-refractivity contribution in [2.75, 3.05) is 0 Å². The summed E-state index contributed by atoms with van der Waals surface area (Å²) in [4.78, 5) is 26.5. The van der Waals surface area contributed by atoms with Crippen LogP contribution in [0, 0.1) is 12.8 Å². The first kappa shape index (κ1) is 22.1. The maximum Gasteiger partial charge on any atom is 0.275 e. The van der Waals surface area contributed by atoms with Crippen molar-refractivity contribution in [1.29, 1.82) is 0 Å². The van der Waals surface area contributed by atoms with Gasteiger partial charge in [0.1, 0.15) is 0 Å². The van der Waals surface area contributed by atoms with E-state index in [1.54, 1.807) is 9.36 Å². The Morgan fingerprint density at radius 1 is 1.12 bits per heavy atom. The van der Waals surface area contributed by atoms with Crippen molar-refractivity contribution < 1.29 is 9.32 Å². The Bertz CT molecular complexity index is 1440. The molecule has 0 saturated heterocycles. The zero-order chi connectivity index (χ0) is 24.0. The number of rotatable bonds is 6. The number of fused-ring (bicyclic) bond motifs is 3. The fourth-order valence-electron chi connectivity index (χ4n) is 4.98. The minimum Gasteiger partial charge on any atom is -0.355 e. The molecule has 1 aliphatic rings. The molecular formula is C28H29N3O3. The third kappa shape index (κ3) is 3.73. The first-order valence-electron chi connectivity index (χ1n) is 11.8. The van der Waals surface area contributed by atoms with Gasteiger partial charge in [-0.15, -0.1) is 0 Å². The van der Waals surface area contributed by atoms with Crippen molar-refractivity contribution in [3.63, 3.8) is 0 Å². The summed E-state index contributed by atoms with van der Waals surface area (Å²) in [6.07, 6.45) is 2.59. The number of aromatic nitrogens is 3. The largest absolute Gasteiger partial charge is 0.355 e. The summed E-state index contributed by atoms with van der Waals surface area (Å²) in [5.74, 6) is 1.10. The van der Waals surface area contributed by atoms with E-state index in [1.165, 1.54) is 11.1 Å². The van der Waals surface area contributed by atoms with Crippen molar-refractivity contribution in [3.05, 3.63) is 92.5 Å². The predicted molar refractivity (Wildman–Crippen MR) is 132 cm³/mol. The fourth-order valence-corrected chi connectivity index (χ4v) is 4.98. The molecule has 2 heterocycles. The van der Waals surface area contributed by atoms with Gasteiger partial charge in [-0.05, 0) is 55.4 Å². The molecule has 0 radical (unpaired) electrons. The summed E-state index contributed by atoms with van der Waals surface area (Å²) in [6, 6.07) is 15.9. The van der Waals surface area contributed by atoms with Crippen molar-refractivity contribution in [2.45, 2.75) is 46.5 Å². The summed E-state index contributed by atoms with van der Waals surface area (Å²) in [5, 5.41) is 4.17. The third-order valence-electron chi connectivity index (χ3n) is 6.77. The van der Waals surface area contributed by atoms with Gasteiger partial charge in [0.15, 0.2) is 17.2 Å². The van der Waals surface area contributed by atoms with Gasteiger partial charge in [0.25, 0.3) is 5.56 Å². The van der Waals surface area contributed by atoms with Crippen molar-refractivity contribution in [1.82, 2.24) is 14.5 Å². The van der Waals surface area contributed by atoms with Crippen LogP contribution in [0.3, 0.4) is 0 Å². The smallest absolute Gasteiger partial charge is 0.275 e. The van der Waals surface area contributed by atoms with E-state index in [9.17, 15) is 9.59 Å². The molecule has 174 valence electrons. The van der Waals surface area contributed by atoms with Gasteiger partial charge in [0.05, 0.1) is 5.69 Å². The van der Waals surface area contributed by atoms with Gasteiger partial charge in [-0.1, -0.05) is 55.4 Å². The van der Waals surface area contributed by atoms with Crippen LogP contribution in [0.5, 0.6) is 0 Å². The van der Waals surface area contributed by atoms with E-state index in [4.69, 9.17) is 4.52 Å². The van der Waals surface area contributed by atoms with Crippen LogP contribution >= 0.6 is 0 Å². The topological polar surface area (TPSA) is 70.0 Å². The number of carbonyl (C=O) groups is 1. The Hall–Kier alpha value is -3.67. The van der Waals surface area contributed by atoms with Crippen LogP contribution in [0.2, 0.25) is 0 Å². The average Bonchev–Trinajstić information content (AvgIpc) is 3.34. The Balaban J connectivity index is 1.46. The highest BCUT2D eigenvalue weighted by Crippen LogP contribution is 2.36. The molecule has 0 amide bonds. The lowest BCUT2D eigenvalue weighted by molar-refractivity contribution is 0.0983. The molecule has 2 aromatic heterocycles. The van der Waals surface area contributed by atoms with Crippen molar-refractivity contribution in [3.8, 4) is 17.0 Å². The number of ketones is 1. The SMILES string of the molecule is Cc1c(CC(=O)c2noc3c2CCc2cc(CC(C)C)ccc2-3)c(=O)n(-c2ccccc2)n1C. The van der Waals surface area contributed by atoms with Gasteiger partial charge < -0.3 is 4.52 Å². The van der Waals surface area contributed by atoms with Crippen LogP contribution in [0.25, 0.3) is 17.0 Å². The van der Waals surface area contributed by atoms with Gasteiger partial charge in [-0.2, -0.15) is 0 Å². The fraction of sp³-hybridized carbons (Fsp3) is 0.321. The van der Waals surface area contributed by atoms with Crippen LogP contribution in [0.1, 0.15) is 52.3 Å². The highest BCUT2D eigenvalue weighted by atomic mass is 16.5. The molecule has 0 N–H and O–H groups in total. The molecule has 0 spiro atoms. The van der Waals surface area contributed by atoms with E-state index in [2.05, 4.69) is 37.2 Å². The summed E-state index contributed by atoms with van der Waals surface area (Å²) < 4.78 is 9.09. The zero-order valence-electron chi connectivity index (χ0n) is 20.1. The molecule has 0 atom stereocenters. The maximum absolute atomic E-state index is 13.3. The first-order valence-corrected chi connectivity index (χ1v) is 11.8. The normalized spacial score (nSPS) is 12.6. The molecule has 5 rings (SSSR count). The molecule has 4 aromatic rings. The first-order chi connectivity index (χ1) is 16.3. The Kier molecular flexibility index (Phi) is 5.60. The van der Waals surface area contributed by atoms with Crippen LogP contribution in [-0.4, -0.2) is 20.3 Å². The van der Waals surface area contributed by atoms with Crippen molar-refractivity contribution in [2.24, 2.45) is 13.0 Å². The monoisotopic (exact) mass is 455 g/mol.